The van der Waals surface area contributed by atoms with E-state index in [0.717, 1.165) is 4.74 Å². The summed E-state index contributed by atoms with van der Waals surface area (Å²) >= 11 is 5.08. The number of methoxy groups -OCH3 is 1. The van der Waals surface area contributed by atoms with Crippen LogP contribution in [0.15, 0.2) is 0 Å². The van der Waals surface area contributed by atoms with Crippen LogP contribution in [0.2, 0.25) is 0 Å². The molecule has 84 valence electrons. The average Bonchev–Trinajstić information content (AvgIpc) is 2.04. The van der Waals surface area contributed by atoms with Gasteiger partial charge in [-0.25, -0.2) is 4.62 Å². The molecule has 0 aromatic rings. The second-order valence-corrected chi connectivity index (χ2v) is 5.04. The lowest BCUT2D eigenvalue weighted by Crippen LogP contribution is -2.10. The van der Waals surface area contributed by atoms with Crippen molar-refractivity contribution in [1.29, 1.82) is 0 Å². The minimum absolute atomic E-state index is 0.429. The van der Waals surface area contributed by atoms with Crippen molar-refractivity contribution in [2.45, 2.75) is 13.8 Å². The zero-order chi connectivity index (χ0) is 11.0. The van der Waals surface area contributed by atoms with Crippen LogP contribution in [0.3, 0.4) is 0 Å². The maximum atomic E-state index is 5.21. The van der Waals surface area contributed by atoms with Crippen LogP contribution in [-0.2, 0) is 30.2 Å². The second kappa shape index (κ2) is 7.20. The molecule has 0 amide bonds. The van der Waals surface area contributed by atoms with Gasteiger partial charge in [-0.1, -0.05) is 0 Å². The fourth-order valence-corrected chi connectivity index (χ4v) is 2.65. The minimum Gasteiger partial charge on any atom is -0.387 e. The van der Waals surface area contributed by atoms with Crippen LogP contribution in [-0.4, -0.2) is 31.8 Å². The molecule has 0 radical (unpaired) electrons. The molecule has 0 saturated carbocycles. The monoisotopic (exact) mass is 241 g/mol. The van der Waals surface area contributed by atoms with Crippen LogP contribution in [0.4, 0.5) is 0 Å². The van der Waals surface area contributed by atoms with Gasteiger partial charge in [0.1, 0.15) is 0 Å². The molecule has 0 atom stereocenters. The van der Waals surface area contributed by atoms with Crippen LogP contribution in [0.25, 0.3) is 0 Å². The summed E-state index contributed by atoms with van der Waals surface area (Å²) in [5.74, 6) is 0. The zero-order valence-electron chi connectivity index (χ0n) is 8.63. The smallest absolute Gasteiger partial charge is 0.387 e. The van der Waals surface area contributed by atoms with Crippen LogP contribution in [0.5, 0.6) is 0 Å². The Labute approximate surface area is 89.8 Å². The lowest BCUT2D eigenvalue weighted by molar-refractivity contribution is -0.731. The van der Waals surface area contributed by atoms with Crippen molar-refractivity contribution in [3.8, 4) is 0 Å². The molecule has 0 aromatic carbocycles. The van der Waals surface area contributed by atoms with Crippen LogP contribution in [0.1, 0.15) is 13.8 Å². The van der Waals surface area contributed by atoms with Crippen molar-refractivity contribution in [1.82, 2.24) is 0 Å². The first kappa shape index (κ1) is 13.9. The van der Waals surface area contributed by atoms with E-state index < -0.39 is 6.72 Å². The van der Waals surface area contributed by atoms with E-state index in [4.69, 9.17) is 25.5 Å². The third-order valence-electron chi connectivity index (χ3n) is 1.00. The standard InChI is InChI=1S/C7H16NO4PS/c1-5-10-13(14,11-6-2)12-8(3)7-9-4/h7H,3,5-6H2,1-2,4H3. The van der Waals surface area contributed by atoms with Crippen molar-refractivity contribution < 1.29 is 23.1 Å². The van der Waals surface area contributed by atoms with Crippen molar-refractivity contribution in [2.75, 3.05) is 20.3 Å². The number of rotatable bonds is 8. The highest BCUT2D eigenvalue weighted by Crippen LogP contribution is 2.49. The van der Waals surface area contributed by atoms with E-state index >= 15 is 0 Å². The van der Waals surface area contributed by atoms with Gasteiger partial charge in [-0.15, -0.1) is 4.74 Å². The maximum Gasteiger partial charge on any atom is 0.443 e. The van der Waals surface area contributed by atoms with Crippen LogP contribution < -0.4 is 0 Å². The summed E-state index contributed by atoms with van der Waals surface area (Å²) in [7, 11) is 1.48. The molecule has 0 fully saturated rings. The van der Waals surface area contributed by atoms with E-state index in [-0.39, 0.29) is 0 Å². The summed E-state index contributed by atoms with van der Waals surface area (Å²) in [6.45, 7) is 6.54. The molecule has 0 aliphatic carbocycles. The molecular formula is C7H16NO4PS. The summed E-state index contributed by atoms with van der Waals surface area (Å²) in [5, 5.41) is 0. The van der Waals surface area contributed by atoms with Gasteiger partial charge in [0, 0.05) is 25.6 Å². The van der Waals surface area contributed by atoms with Crippen molar-refractivity contribution >= 4 is 25.2 Å². The lowest BCUT2D eigenvalue weighted by Gasteiger charge is -2.18. The molecule has 7 heteroatoms. The number of hydroxylamine groups is 1. The van der Waals surface area contributed by atoms with Gasteiger partial charge in [0.05, 0.1) is 13.2 Å². The first-order valence-corrected chi connectivity index (χ1v) is 6.68. The Bertz CT molecular complexity index is 214. The van der Waals surface area contributed by atoms with Crippen molar-refractivity contribution in [3.05, 3.63) is 6.73 Å². The summed E-state index contributed by atoms with van der Waals surface area (Å²) in [6, 6.07) is 0. The number of ether oxygens (including phenoxy) is 1. The molecule has 0 aliphatic rings. The Hall–Kier alpha value is -0.130. The van der Waals surface area contributed by atoms with E-state index in [9.17, 15) is 0 Å². The molecule has 0 saturated heterocycles. The quantitative estimate of drug-likeness (QED) is 0.213. The fraction of sp³-hybridized carbons (Fsp3) is 0.714. The highest BCUT2D eigenvalue weighted by Gasteiger charge is 2.25. The molecule has 0 unspecified atom stereocenters. The Morgan fingerprint density at radius 3 is 2.21 bits per heavy atom. The second-order valence-electron chi connectivity index (χ2n) is 2.12. The molecule has 14 heavy (non-hydrogen) atoms. The van der Waals surface area contributed by atoms with Gasteiger partial charge in [0.25, 0.3) is 0 Å². The highest BCUT2D eigenvalue weighted by atomic mass is 32.5. The molecular weight excluding hydrogens is 225 g/mol. The number of nitrogens with zero attached hydrogens (tertiary/aromatic N) is 1. The van der Waals surface area contributed by atoms with E-state index in [1.54, 1.807) is 0 Å². The Balaban J connectivity index is 4.21. The normalized spacial score (nSPS) is 11.1. The largest absolute Gasteiger partial charge is 0.443 e. The van der Waals surface area contributed by atoms with E-state index in [1.165, 1.54) is 13.8 Å². The molecule has 0 aromatic heterocycles. The van der Waals surface area contributed by atoms with Gasteiger partial charge in [0.15, 0.2) is 6.73 Å². The third kappa shape index (κ3) is 5.57. The Kier molecular flexibility index (Phi) is 7.13. The zero-order valence-corrected chi connectivity index (χ0v) is 10.3. The van der Waals surface area contributed by atoms with E-state index in [0.29, 0.717) is 13.2 Å². The third-order valence-corrected chi connectivity index (χ3v) is 3.39. The first-order valence-electron chi connectivity index (χ1n) is 4.12. The molecule has 0 aliphatic heterocycles. The number of hydrogen-bond donors (Lipinski definition) is 0. The molecule has 0 spiro atoms. The Morgan fingerprint density at radius 1 is 1.36 bits per heavy atom. The maximum absolute atomic E-state index is 5.21. The Morgan fingerprint density at radius 2 is 1.86 bits per heavy atom. The highest BCUT2D eigenvalue weighted by molar-refractivity contribution is 8.07. The molecule has 0 N–H and O–H groups in total. The van der Waals surface area contributed by atoms with Crippen LogP contribution >= 0.6 is 6.72 Å². The fourth-order valence-electron chi connectivity index (χ4n) is 0.666. The van der Waals surface area contributed by atoms with Gasteiger partial charge in [-0.3, -0.25) is 9.05 Å². The summed E-state index contributed by atoms with van der Waals surface area (Å²) in [4.78, 5) is 0. The predicted molar refractivity (Wildman–Crippen MR) is 57.3 cm³/mol. The van der Waals surface area contributed by atoms with Gasteiger partial charge in [-0.05, 0) is 13.8 Å². The molecule has 0 bridgehead atoms. The summed E-state index contributed by atoms with van der Waals surface area (Å²) < 4.78 is 21.4. The van der Waals surface area contributed by atoms with Gasteiger partial charge >= 0.3 is 6.72 Å². The van der Waals surface area contributed by atoms with Crippen molar-refractivity contribution in [3.63, 3.8) is 0 Å². The van der Waals surface area contributed by atoms with E-state index in [2.05, 4.69) is 11.5 Å². The first-order chi connectivity index (χ1) is 6.58. The van der Waals surface area contributed by atoms with Gasteiger partial charge in [0.2, 0.25) is 0 Å². The van der Waals surface area contributed by atoms with E-state index in [1.807, 2.05) is 13.8 Å². The van der Waals surface area contributed by atoms with Crippen molar-refractivity contribution in [2.24, 2.45) is 0 Å². The summed E-state index contributed by atoms with van der Waals surface area (Å²) in [5.41, 5.74) is 0. The number of hydrogen-bond acceptors (Lipinski definition) is 5. The lowest BCUT2D eigenvalue weighted by atomic mass is 10.9. The predicted octanol–water partition coefficient (Wildman–Crippen LogP) is 1.69. The topological polar surface area (TPSA) is 39.9 Å². The summed E-state index contributed by atoms with van der Waals surface area (Å²) in [6.07, 6.45) is 0. The SMILES string of the molecule is C=[N+]([CH-]OC)OP(=S)(OCC)OCC. The van der Waals surface area contributed by atoms with Gasteiger partial charge in [-0.2, -0.15) is 0 Å². The average molecular weight is 241 g/mol. The molecule has 0 rings (SSSR count). The molecule has 0 heterocycles. The minimum atomic E-state index is -2.72. The van der Waals surface area contributed by atoms with Gasteiger partial charge < -0.3 is 4.74 Å². The molecule has 5 nitrogen and oxygen atoms in total. The van der Waals surface area contributed by atoms with Crippen LogP contribution in [0, 0.1) is 6.73 Å².